The molecule has 2 aromatic rings. The SMILES string of the molecule is Cc1cnc([C@@H](CC(=O)NC[C@H](Cc2ccc(C(N)=O)c(F)c2)N(C)C)C2(C(F)(F)F)CC2)s1. The number of nitrogens with zero attached hydrogens (tertiary/aromatic N) is 2. The van der Waals surface area contributed by atoms with E-state index in [1.54, 1.807) is 27.1 Å². The Kier molecular flexibility index (Phi) is 7.66. The van der Waals surface area contributed by atoms with Gasteiger partial charge in [0, 0.05) is 36.0 Å². The number of primary amides is 1. The fourth-order valence-electron chi connectivity index (χ4n) is 4.10. The quantitative estimate of drug-likeness (QED) is 0.486. The van der Waals surface area contributed by atoms with Gasteiger partial charge in [0.25, 0.3) is 5.91 Å². The van der Waals surface area contributed by atoms with Gasteiger partial charge in [0.05, 0.1) is 16.0 Å². The molecular weight excluding hydrogens is 472 g/mol. The minimum absolute atomic E-state index is 0.0136. The molecule has 3 rings (SSSR count). The molecule has 0 spiro atoms. The molecule has 1 saturated carbocycles. The number of alkyl halides is 3. The van der Waals surface area contributed by atoms with Gasteiger partial charge in [-0.15, -0.1) is 11.3 Å². The lowest BCUT2D eigenvalue weighted by atomic mass is 9.85. The van der Waals surface area contributed by atoms with Crippen LogP contribution in [-0.2, 0) is 11.2 Å². The summed E-state index contributed by atoms with van der Waals surface area (Å²) < 4.78 is 55.6. The van der Waals surface area contributed by atoms with E-state index in [0.29, 0.717) is 17.0 Å². The Hall–Kier alpha value is -2.53. The fourth-order valence-corrected chi connectivity index (χ4v) is 5.09. The van der Waals surface area contributed by atoms with Gasteiger partial charge in [0.1, 0.15) is 5.82 Å². The number of amides is 2. The molecular formula is C23H28F4N4O2S. The number of halogens is 4. The van der Waals surface area contributed by atoms with Crippen molar-refractivity contribution < 1.29 is 27.2 Å². The summed E-state index contributed by atoms with van der Waals surface area (Å²) in [7, 11) is 3.57. The minimum atomic E-state index is -4.41. The predicted octanol–water partition coefficient (Wildman–Crippen LogP) is 3.79. The van der Waals surface area contributed by atoms with Crippen LogP contribution in [0.1, 0.15) is 51.0 Å². The van der Waals surface area contributed by atoms with Crippen LogP contribution in [0, 0.1) is 18.2 Å². The number of aryl methyl sites for hydroxylation is 1. The number of likely N-dealkylation sites (N-methyl/N-ethyl adjacent to an activating group) is 1. The average molecular weight is 501 g/mol. The lowest BCUT2D eigenvalue weighted by Gasteiger charge is -2.28. The van der Waals surface area contributed by atoms with Gasteiger partial charge in [0.15, 0.2) is 0 Å². The third-order valence-corrected chi connectivity index (χ3v) is 7.41. The molecule has 34 heavy (non-hydrogen) atoms. The van der Waals surface area contributed by atoms with Gasteiger partial charge >= 0.3 is 6.18 Å². The van der Waals surface area contributed by atoms with Crippen molar-refractivity contribution in [3.05, 3.63) is 51.2 Å². The smallest absolute Gasteiger partial charge is 0.366 e. The highest BCUT2D eigenvalue weighted by atomic mass is 32.1. The molecule has 0 unspecified atom stereocenters. The third-order valence-electron chi connectivity index (χ3n) is 6.38. The normalized spacial score (nSPS) is 16.8. The molecule has 0 bridgehead atoms. The topological polar surface area (TPSA) is 88.3 Å². The zero-order chi connectivity index (χ0) is 25.3. The van der Waals surface area contributed by atoms with Gasteiger partial charge in [-0.2, -0.15) is 13.2 Å². The van der Waals surface area contributed by atoms with Crippen molar-refractivity contribution >= 4 is 23.2 Å². The lowest BCUT2D eigenvalue weighted by Crippen LogP contribution is -2.42. The van der Waals surface area contributed by atoms with Gasteiger partial charge in [-0.1, -0.05) is 6.07 Å². The van der Waals surface area contributed by atoms with Crippen molar-refractivity contribution in [2.24, 2.45) is 11.1 Å². The van der Waals surface area contributed by atoms with Crippen molar-refractivity contribution in [3.8, 4) is 0 Å². The molecule has 1 aliphatic carbocycles. The second-order valence-corrected chi connectivity index (χ2v) is 10.3. The summed E-state index contributed by atoms with van der Waals surface area (Å²) in [5, 5.41) is 3.08. The van der Waals surface area contributed by atoms with Crippen molar-refractivity contribution in [1.29, 1.82) is 0 Å². The molecule has 1 aliphatic rings. The Bertz CT molecular complexity index is 1050. The van der Waals surface area contributed by atoms with Crippen LogP contribution in [0.15, 0.2) is 24.4 Å². The molecule has 6 nitrogen and oxygen atoms in total. The van der Waals surface area contributed by atoms with Crippen LogP contribution < -0.4 is 11.1 Å². The van der Waals surface area contributed by atoms with Crippen LogP contribution in [-0.4, -0.2) is 54.6 Å². The summed E-state index contributed by atoms with van der Waals surface area (Å²) in [6.45, 7) is 1.93. The van der Waals surface area contributed by atoms with Crippen molar-refractivity contribution in [2.45, 2.75) is 50.7 Å². The highest BCUT2D eigenvalue weighted by Crippen LogP contribution is 2.66. The van der Waals surface area contributed by atoms with Crippen molar-refractivity contribution in [2.75, 3.05) is 20.6 Å². The highest BCUT2D eigenvalue weighted by molar-refractivity contribution is 7.11. The first-order valence-corrected chi connectivity index (χ1v) is 11.7. The monoisotopic (exact) mass is 500 g/mol. The molecule has 0 aliphatic heterocycles. The van der Waals surface area contributed by atoms with E-state index in [0.717, 1.165) is 4.88 Å². The summed E-state index contributed by atoms with van der Waals surface area (Å²) in [6, 6.07) is 3.87. The van der Waals surface area contributed by atoms with Crippen molar-refractivity contribution in [1.82, 2.24) is 15.2 Å². The predicted molar refractivity (Wildman–Crippen MR) is 121 cm³/mol. The number of carbonyl (C=O) groups excluding carboxylic acids is 2. The Balaban J connectivity index is 1.68. The largest absolute Gasteiger partial charge is 0.395 e. The number of carbonyl (C=O) groups is 2. The number of nitrogens with two attached hydrogens (primary N) is 1. The second kappa shape index (κ2) is 9.99. The maximum Gasteiger partial charge on any atom is 0.395 e. The summed E-state index contributed by atoms with van der Waals surface area (Å²) in [4.78, 5) is 30.8. The highest BCUT2D eigenvalue weighted by Gasteiger charge is 2.68. The molecule has 1 fully saturated rings. The van der Waals surface area contributed by atoms with Crippen molar-refractivity contribution in [3.63, 3.8) is 0 Å². The van der Waals surface area contributed by atoms with E-state index in [1.807, 2.05) is 4.90 Å². The maximum atomic E-state index is 14.1. The van der Waals surface area contributed by atoms with Crippen LogP contribution in [0.3, 0.4) is 0 Å². The molecule has 1 aromatic heterocycles. The number of nitrogens with one attached hydrogen (secondary N) is 1. The Morgan fingerprint density at radius 3 is 2.44 bits per heavy atom. The van der Waals surface area contributed by atoms with Gasteiger partial charge in [-0.25, -0.2) is 9.37 Å². The van der Waals surface area contributed by atoms with E-state index in [-0.39, 0.29) is 37.4 Å². The number of hydrogen-bond acceptors (Lipinski definition) is 5. The maximum absolute atomic E-state index is 14.1. The van der Waals surface area contributed by atoms with E-state index < -0.39 is 35.1 Å². The zero-order valence-electron chi connectivity index (χ0n) is 19.2. The first kappa shape index (κ1) is 26.1. The summed E-state index contributed by atoms with van der Waals surface area (Å²) in [5.41, 5.74) is 3.61. The molecule has 1 aromatic carbocycles. The molecule has 11 heteroatoms. The summed E-state index contributed by atoms with van der Waals surface area (Å²) in [5.74, 6) is -3.11. The van der Waals surface area contributed by atoms with Gasteiger partial charge in [0.2, 0.25) is 5.91 Å². The number of rotatable bonds is 10. The number of thiazole rings is 1. The van der Waals surface area contributed by atoms with E-state index >= 15 is 0 Å². The zero-order valence-corrected chi connectivity index (χ0v) is 20.0. The van der Waals surface area contributed by atoms with Crippen LogP contribution in [0.5, 0.6) is 0 Å². The number of benzene rings is 1. The Labute approximate surface area is 199 Å². The first-order chi connectivity index (χ1) is 15.8. The van der Waals surface area contributed by atoms with Gasteiger partial charge in [-0.05, 0) is 58.0 Å². The number of hydrogen-bond donors (Lipinski definition) is 2. The van der Waals surface area contributed by atoms with Crippen LogP contribution in [0.25, 0.3) is 0 Å². The molecule has 3 N–H and O–H groups in total. The van der Waals surface area contributed by atoms with E-state index in [4.69, 9.17) is 5.73 Å². The standard InChI is InChI=1S/C23H28F4N4O2S/c1-13-11-30-21(34-13)17(22(6-7-22)23(25,26)27)10-19(32)29-12-15(31(2)3)8-14-4-5-16(20(28)33)18(24)9-14/h4-5,9,11,15,17H,6-8,10,12H2,1-3H3,(H2,28,33)(H,29,32)/t15-,17+/m0/s1. The minimum Gasteiger partial charge on any atom is -0.366 e. The lowest BCUT2D eigenvalue weighted by molar-refractivity contribution is -0.194. The van der Waals surface area contributed by atoms with E-state index in [9.17, 15) is 27.2 Å². The number of aromatic nitrogens is 1. The first-order valence-electron chi connectivity index (χ1n) is 10.8. The average Bonchev–Trinajstić information content (AvgIpc) is 3.44. The summed E-state index contributed by atoms with van der Waals surface area (Å²) in [6.07, 6.45) is -2.87. The van der Waals surface area contributed by atoms with E-state index in [1.165, 1.54) is 29.7 Å². The molecule has 0 radical (unpaired) electrons. The molecule has 2 atom stereocenters. The molecule has 186 valence electrons. The van der Waals surface area contributed by atoms with Crippen LogP contribution in [0.2, 0.25) is 0 Å². The molecule has 2 amide bonds. The molecule has 0 saturated heterocycles. The Morgan fingerprint density at radius 1 is 1.29 bits per heavy atom. The third kappa shape index (κ3) is 5.75. The Morgan fingerprint density at radius 2 is 1.97 bits per heavy atom. The molecule has 1 heterocycles. The second-order valence-electron chi connectivity index (χ2n) is 9.02. The van der Waals surface area contributed by atoms with Gasteiger partial charge < -0.3 is 16.0 Å². The van der Waals surface area contributed by atoms with Crippen LogP contribution in [0.4, 0.5) is 17.6 Å². The van der Waals surface area contributed by atoms with Gasteiger partial charge in [-0.3, -0.25) is 9.59 Å². The van der Waals surface area contributed by atoms with Crippen LogP contribution >= 0.6 is 11.3 Å². The summed E-state index contributed by atoms with van der Waals surface area (Å²) >= 11 is 1.19. The van der Waals surface area contributed by atoms with E-state index in [2.05, 4.69) is 10.3 Å². The fraction of sp³-hybridized carbons (Fsp3) is 0.522.